The molecule has 194 valence electrons. The Morgan fingerprint density at radius 1 is 0.947 bits per heavy atom. The van der Waals surface area contributed by atoms with Gasteiger partial charge in [0.25, 0.3) is 11.6 Å². The molecule has 1 saturated heterocycles. The predicted octanol–water partition coefficient (Wildman–Crippen LogP) is 3.96. The summed E-state index contributed by atoms with van der Waals surface area (Å²) >= 11 is 5.81. The lowest BCUT2D eigenvalue weighted by molar-refractivity contribution is -0.384. The average Bonchev–Trinajstić information content (AvgIpc) is 3.28. The molecule has 3 aromatic carbocycles. The Balaban J connectivity index is 1.25. The van der Waals surface area contributed by atoms with Crippen LogP contribution < -0.4 is 10.2 Å². The van der Waals surface area contributed by atoms with Crippen LogP contribution >= 0.6 is 11.6 Å². The van der Waals surface area contributed by atoms with Crippen molar-refractivity contribution in [2.24, 2.45) is 5.92 Å². The number of ketones is 1. The molecule has 0 radical (unpaired) electrons. The highest BCUT2D eigenvalue weighted by Crippen LogP contribution is 2.24. The molecule has 0 aliphatic carbocycles. The predicted molar refractivity (Wildman–Crippen MR) is 134 cm³/mol. The SMILES string of the molecule is O=C(COC(=O)C1CC(=O)N(NC(=O)c2ccc(Cl)cc2)C1)c1ccc(Oc2ccc([N+](=O)[O-])cc2)cc1. The van der Waals surface area contributed by atoms with E-state index in [9.17, 15) is 29.3 Å². The highest BCUT2D eigenvalue weighted by atomic mass is 35.5. The van der Waals surface area contributed by atoms with Crippen LogP contribution in [0, 0.1) is 16.0 Å². The van der Waals surface area contributed by atoms with E-state index in [0.717, 1.165) is 5.01 Å². The zero-order chi connectivity index (χ0) is 27.2. The fourth-order valence-electron chi connectivity index (χ4n) is 3.58. The van der Waals surface area contributed by atoms with Gasteiger partial charge in [-0.05, 0) is 60.7 Å². The number of hydrazine groups is 1. The van der Waals surface area contributed by atoms with Crippen molar-refractivity contribution in [3.05, 3.63) is 99.1 Å². The number of nitro groups is 1. The molecular formula is C26H20ClN3O8. The van der Waals surface area contributed by atoms with Gasteiger partial charge in [-0.15, -0.1) is 0 Å². The number of amides is 2. The number of ether oxygens (including phenoxy) is 2. The third kappa shape index (κ3) is 6.51. The number of Topliss-reactive ketones (excluding diaryl/α,β-unsaturated/α-hetero) is 1. The Kier molecular flexibility index (Phi) is 7.97. The van der Waals surface area contributed by atoms with Crippen LogP contribution in [0.5, 0.6) is 11.5 Å². The van der Waals surface area contributed by atoms with E-state index in [4.69, 9.17) is 21.1 Å². The van der Waals surface area contributed by atoms with Crippen LogP contribution in [0.2, 0.25) is 5.02 Å². The lowest BCUT2D eigenvalue weighted by atomic mass is 10.1. The van der Waals surface area contributed by atoms with Gasteiger partial charge in [-0.2, -0.15) is 0 Å². The molecule has 0 bridgehead atoms. The minimum absolute atomic E-state index is 0.0646. The Morgan fingerprint density at radius 3 is 2.13 bits per heavy atom. The molecule has 2 amide bonds. The normalized spacial score (nSPS) is 14.6. The first-order chi connectivity index (χ1) is 18.2. The third-order valence-electron chi connectivity index (χ3n) is 5.61. The van der Waals surface area contributed by atoms with E-state index < -0.39 is 41.0 Å². The van der Waals surface area contributed by atoms with Crippen LogP contribution in [-0.4, -0.2) is 46.7 Å². The summed E-state index contributed by atoms with van der Waals surface area (Å²) in [7, 11) is 0. The number of hydrogen-bond donors (Lipinski definition) is 1. The number of benzene rings is 3. The highest BCUT2D eigenvalue weighted by Gasteiger charge is 2.36. The second-order valence-electron chi connectivity index (χ2n) is 8.26. The van der Waals surface area contributed by atoms with Gasteiger partial charge in [-0.3, -0.25) is 39.7 Å². The van der Waals surface area contributed by atoms with Crippen LogP contribution in [-0.2, 0) is 14.3 Å². The van der Waals surface area contributed by atoms with Gasteiger partial charge in [0.05, 0.1) is 17.4 Å². The number of halogens is 1. The number of hydrogen-bond acceptors (Lipinski definition) is 8. The number of nitrogens with zero attached hydrogens (tertiary/aromatic N) is 2. The molecule has 0 aromatic heterocycles. The molecule has 1 aliphatic rings. The highest BCUT2D eigenvalue weighted by molar-refractivity contribution is 6.30. The van der Waals surface area contributed by atoms with Gasteiger partial charge in [-0.1, -0.05) is 11.6 Å². The molecular weight excluding hydrogens is 518 g/mol. The molecule has 11 nitrogen and oxygen atoms in total. The quantitative estimate of drug-likeness (QED) is 0.187. The van der Waals surface area contributed by atoms with Gasteiger partial charge in [-0.25, -0.2) is 0 Å². The van der Waals surface area contributed by atoms with Gasteiger partial charge in [0.2, 0.25) is 5.91 Å². The standard InChI is InChI=1S/C26H20ClN3O8/c27-19-5-1-17(2-6-19)25(33)28-29-14-18(13-24(29)32)26(34)37-15-23(31)16-3-9-21(10-4-16)38-22-11-7-20(8-12-22)30(35)36/h1-12,18H,13-15H2,(H,28,33). The minimum Gasteiger partial charge on any atom is -0.457 e. The van der Waals surface area contributed by atoms with Crippen molar-refractivity contribution in [2.75, 3.05) is 13.2 Å². The maximum atomic E-state index is 12.5. The molecule has 3 aromatic rings. The van der Waals surface area contributed by atoms with Crippen molar-refractivity contribution >= 4 is 40.9 Å². The van der Waals surface area contributed by atoms with Crippen molar-refractivity contribution < 1.29 is 33.6 Å². The number of rotatable bonds is 9. The molecule has 12 heteroatoms. The monoisotopic (exact) mass is 537 g/mol. The molecule has 1 heterocycles. The molecule has 0 spiro atoms. The molecule has 1 fully saturated rings. The molecule has 1 unspecified atom stereocenters. The summed E-state index contributed by atoms with van der Waals surface area (Å²) in [6.07, 6.45) is -0.164. The van der Waals surface area contributed by atoms with Crippen LogP contribution in [0.3, 0.4) is 0 Å². The largest absolute Gasteiger partial charge is 0.457 e. The maximum Gasteiger partial charge on any atom is 0.311 e. The Labute approximate surface area is 221 Å². The topological polar surface area (TPSA) is 145 Å². The van der Waals surface area contributed by atoms with E-state index in [2.05, 4.69) is 5.43 Å². The van der Waals surface area contributed by atoms with E-state index in [1.165, 1.54) is 60.7 Å². The summed E-state index contributed by atoms with van der Waals surface area (Å²) in [6.45, 7) is -0.608. The minimum atomic E-state index is -0.835. The summed E-state index contributed by atoms with van der Waals surface area (Å²) in [4.78, 5) is 59.7. The van der Waals surface area contributed by atoms with Crippen LogP contribution in [0.15, 0.2) is 72.8 Å². The van der Waals surface area contributed by atoms with E-state index in [-0.39, 0.29) is 24.2 Å². The summed E-state index contributed by atoms with van der Waals surface area (Å²) in [5, 5.41) is 12.2. The van der Waals surface area contributed by atoms with E-state index >= 15 is 0 Å². The lowest BCUT2D eigenvalue weighted by Crippen LogP contribution is -2.43. The Hall–Kier alpha value is -4.77. The summed E-state index contributed by atoms with van der Waals surface area (Å²) in [6, 6.07) is 17.7. The fourth-order valence-corrected chi connectivity index (χ4v) is 3.71. The van der Waals surface area contributed by atoms with Gasteiger partial charge >= 0.3 is 5.97 Å². The van der Waals surface area contributed by atoms with Crippen LogP contribution in [0.1, 0.15) is 27.1 Å². The van der Waals surface area contributed by atoms with Crippen LogP contribution in [0.25, 0.3) is 0 Å². The lowest BCUT2D eigenvalue weighted by Gasteiger charge is -2.17. The maximum absolute atomic E-state index is 12.5. The Bertz CT molecular complexity index is 1380. The third-order valence-corrected chi connectivity index (χ3v) is 5.86. The molecule has 38 heavy (non-hydrogen) atoms. The van der Waals surface area contributed by atoms with Gasteiger partial charge < -0.3 is 9.47 Å². The zero-order valence-electron chi connectivity index (χ0n) is 19.7. The smallest absolute Gasteiger partial charge is 0.311 e. The van der Waals surface area contributed by atoms with Crippen molar-refractivity contribution in [1.82, 2.24) is 10.4 Å². The van der Waals surface area contributed by atoms with E-state index in [1.54, 1.807) is 12.1 Å². The first-order valence-corrected chi connectivity index (χ1v) is 11.7. The number of nitro benzene ring substituents is 1. The van der Waals surface area contributed by atoms with Crippen molar-refractivity contribution in [3.63, 3.8) is 0 Å². The van der Waals surface area contributed by atoms with Crippen molar-refractivity contribution in [2.45, 2.75) is 6.42 Å². The zero-order valence-corrected chi connectivity index (χ0v) is 20.4. The fraction of sp³-hybridized carbons (Fsp3) is 0.154. The summed E-state index contributed by atoms with van der Waals surface area (Å²) in [5.74, 6) is -2.22. The van der Waals surface area contributed by atoms with Gasteiger partial charge in [0, 0.05) is 34.7 Å². The Morgan fingerprint density at radius 2 is 1.53 bits per heavy atom. The summed E-state index contributed by atoms with van der Waals surface area (Å²) in [5.41, 5.74) is 2.96. The second kappa shape index (κ2) is 11.5. The molecule has 1 N–H and O–H groups in total. The summed E-state index contributed by atoms with van der Waals surface area (Å²) < 4.78 is 10.7. The molecule has 1 aliphatic heterocycles. The van der Waals surface area contributed by atoms with Crippen molar-refractivity contribution in [3.8, 4) is 11.5 Å². The second-order valence-corrected chi connectivity index (χ2v) is 8.70. The van der Waals surface area contributed by atoms with Gasteiger partial charge in [0.1, 0.15) is 11.5 Å². The number of esters is 1. The first kappa shape index (κ1) is 26.3. The van der Waals surface area contributed by atoms with Crippen molar-refractivity contribution in [1.29, 1.82) is 0 Å². The average molecular weight is 538 g/mol. The number of non-ortho nitro benzene ring substituents is 1. The number of carbonyl (C=O) groups is 4. The molecule has 1 atom stereocenters. The van der Waals surface area contributed by atoms with E-state index in [0.29, 0.717) is 22.1 Å². The van der Waals surface area contributed by atoms with E-state index in [1.807, 2.05) is 0 Å². The first-order valence-electron chi connectivity index (χ1n) is 11.3. The van der Waals surface area contributed by atoms with Gasteiger partial charge in [0.15, 0.2) is 12.4 Å². The molecule has 0 saturated carbocycles. The number of nitrogens with one attached hydrogen (secondary N) is 1. The molecule has 4 rings (SSSR count). The number of carbonyl (C=O) groups excluding carboxylic acids is 4. The van der Waals surface area contributed by atoms with Crippen LogP contribution in [0.4, 0.5) is 5.69 Å².